The Bertz CT molecular complexity index is 1010. The summed E-state index contributed by atoms with van der Waals surface area (Å²) in [6, 6.07) is 26.1. The van der Waals surface area contributed by atoms with Crippen LogP contribution < -0.4 is 10.1 Å². The highest BCUT2D eigenvalue weighted by Gasteiger charge is 2.30. The van der Waals surface area contributed by atoms with Gasteiger partial charge in [0, 0.05) is 24.0 Å². The molecule has 0 aliphatic rings. The van der Waals surface area contributed by atoms with Gasteiger partial charge in [0.2, 0.25) is 5.91 Å². The quantitative estimate of drug-likeness (QED) is 0.396. The van der Waals surface area contributed by atoms with Gasteiger partial charge in [0.1, 0.15) is 11.8 Å². The van der Waals surface area contributed by atoms with Gasteiger partial charge < -0.3 is 15.0 Å². The summed E-state index contributed by atoms with van der Waals surface area (Å²) in [5, 5.41) is 2.97. The van der Waals surface area contributed by atoms with Crippen molar-refractivity contribution in [3.63, 3.8) is 0 Å². The first kappa shape index (κ1) is 24.5. The lowest BCUT2D eigenvalue weighted by Gasteiger charge is -2.31. The Labute approximate surface area is 203 Å². The highest BCUT2D eigenvalue weighted by Crippen LogP contribution is 2.18. The lowest BCUT2D eigenvalue weighted by molar-refractivity contribution is -0.142. The van der Waals surface area contributed by atoms with Crippen LogP contribution >= 0.6 is 15.9 Å². The van der Waals surface area contributed by atoms with Gasteiger partial charge in [-0.3, -0.25) is 9.59 Å². The lowest BCUT2D eigenvalue weighted by Crippen LogP contribution is -2.51. The van der Waals surface area contributed by atoms with Crippen molar-refractivity contribution in [2.24, 2.45) is 0 Å². The molecule has 1 N–H and O–H groups in total. The van der Waals surface area contributed by atoms with E-state index in [0.29, 0.717) is 25.3 Å². The number of rotatable bonds is 11. The first-order chi connectivity index (χ1) is 16.1. The van der Waals surface area contributed by atoms with Crippen LogP contribution in [0.2, 0.25) is 0 Å². The van der Waals surface area contributed by atoms with Crippen molar-refractivity contribution in [2.45, 2.75) is 32.4 Å². The zero-order valence-corrected chi connectivity index (χ0v) is 20.3. The van der Waals surface area contributed by atoms with E-state index >= 15 is 0 Å². The van der Waals surface area contributed by atoms with Gasteiger partial charge in [-0.15, -0.1) is 0 Å². The maximum atomic E-state index is 13.4. The zero-order chi connectivity index (χ0) is 23.5. The van der Waals surface area contributed by atoms with Crippen LogP contribution in [0.1, 0.15) is 24.5 Å². The molecule has 0 aliphatic heterocycles. The van der Waals surface area contributed by atoms with Crippen molar-refractivity contribution >= 4 is 27.7 Å². The van der Waals surface area contributed by atoms with Gasteiger partial charge in [-0.25, -0.2) is 0 Å². The molecule has 0 unspecified atom stereocenters. The standard InChI is InChI=1S/C27H29BrN2O3/c1-2-17-29-27(32)25(18-21-9-5-3-6-10-21)30(19-22-11-7-4-8-12-22)26(31)20-33-24-15-13-23(28)14-16-24/h3-16,25H,2,17-20H2,1H3,(H,29,32)/t25-/m0/s1. The van der Waals surface area contributed by atoms with Gasteiger partial charge in [-0.2, -0.15) is 0 Å². The Morgan fingerprint density at radius 1 is 0.909 bits per heavy atom. The van der Waals surface area contributed by atoms with Gasteiger partial charge in [-0.1, -0.05) is 83.5 Å². The average Bonchev–Trinajstić information content (AvgIpc) is 2.85. The van der Waals surface area contributed by atoms with E-state index in [-0.39, 0.29) is 18.4 Å². The SMILES string of the molecule is CCCNC(=O)[C@H](Cc1ccccc1)N(Cc1ccccc1)C(=O)COc1ccc(Br)cc1. The minimum atomic E-state index is -0.653. The fourth-order valence-corrected chi connectivity index (χ4v) is 3.72. The van der Waals surface area contributed by atoms with Crippen molar-refractivity contribution in [3.8, 4) is 5.75 Å². The van der Waals surface area contributed by atoms with Crippen LogP contribution in [0, 0.1) is 0 Å². The van der Waals surface area contributed by atoms with Crippen LogP contribution in [0.15, 0.2) is 89.4 Å². The summed E-state index contributed by atoms with van der Waals surface area (Å²) in [5.41, 5.74) is 1.95. The van der Waals surface area contributed by atoms with E-state index in [1.165, 1.54) is 0 Å². The van der Waals surface area contributed by atoms with Crippen molar-refractivity contribution < 1.29 is 14.3 Å². The summed E-state index contributed by atoms with van der Waals surface area (Å²) in [7, 11) is 0. The van der Waals surface area contributed by atoms with E-state index < -0.39 is 6.04 Å². The van der Waals surface area contributed by atoms with Crippen LogP contribution in [0.25, 0.3) is 0 Å². The van der Waals surface area contributed by atoms with Gasteiger partial charge in [0.05, 0.1) is 0 Å². The minimum Gasteiger partial charge on any atom is -0.484 e. The molecule has 0 saturated carbocycles. The molecule has 0 aliphatic carbocycles. The molecule has 3 rings (SSSR count). The Morgan fingerprint density at radius 3 is 2.12 bits per heavy atom. The van der Waals surface area contributed by atoms with Gasteiger partial charge in [-0.05, 0) is 41.8 Å². The van der Waals surface area contributed by atoms with Crippen LogP contribution in [-0.2, 0) is 22.6 Å². The second-order valence-corrected chi connectivity index (χ2v) is 8.66. The molecule has 0 aromatic heterocycles. The molecule has 0 radical (unpaired) electrons. The number of halogens is 1. The molecule has 172 valence electrons. The van der Waals surface area contributed by atoms with Crippen LogP contribution in [0.5, 0.6) is 5.75 Å². The Hall–Kier alpha value is -3.12. The number of benzene rings is 3. The summed E-state index contributed by atoms with van der Waals surface area (Å²) in [4.78, 5) is 28.2. The number of ether oxygens (including phenoxy) is 1. The van der Waals surface area contributed by atoms with E-state index in [1.54, 1.807) is 17.0 Å². The van der Waals surface area contributed by atoms with Crippen LogP contribution in [-0.4, -0.2) is 35.9 Å². The minimum absolute atomic E-state index is 0.152. The molecular weight excluding hydrogens is 480 g/mol. The molecule has 5 nitrogen and oxygen atoms in total. The molecule has 0 fully saturated rings. The Kier molecular flexibility index (Phi) is 9.51. The molecule has 0 spiro atoms. The Balaban J connectivity index is 1.85. The fraction of sp³-hybridized carbons (Fsp3) is 0.259. The highest BCUT2D eigenvalue weighted by atomic mass is 79.9. The molecule has 6 heteroatoms. The zero-order valence-electron chi connectivity index (χ0n) is 18.7. The first-order valence-corrected chi connectivity index (χ1v) is 11.9. The van der Waals surface area contributed by atoms with Gasteiger partial charge in [0.15, 0.2) is 6.61 Å². The molecule has 1 atom stereocenters. The number of hydrogen-bond donors (Lipinski definition) is 1. The molecule has 3 aromatic carbocycles. The fourth-order valence-electron chi connectivity index (χ4n) is 3.46. The molecule has 33 heavy (non-hydrogen) atoms. The third-order valence-electron chi connectivity index (χ3n) is 5.19. The number of carbonyl (C=O) groups is 2. The maximum absolute atomic E-state index is 13.4. The third-order valence-corrected chi connectivity index (χ3v) is 5.72. The molecule has 0 heterocycles. The predicted molar refractivity (Wildman–Crippen MR) is 134 cm³/mol. The number of carbonyl (C=O) groups excluding carboxylic acids is 2. The summed E-state index contributed by atoms with van der Waals surface area (Å²) < 4.78 is 6.69. The smallest absolute Gasteiger partial charge is 0.261 e. The number of hydrogen-bond acceptors (Lipinski definition) is 3. The molecule has 0 saturated heterocycles. The number of nitrogens with one attached hydrogen (secondary N) is 1. The van der Waals surface area contributed by atoms with Crippen molar-refractivity contribution in [1.29, 1.82) is 0 Å². The predicted octanol–water partition coefficient (Wildman–Crippen LogP) is 4.99. The number of nitrogens with zero attached hydrogens (tertiary/aromatic N) is 1. The third kappa shape index (κ3) is 7.75. The van der Waals surface area contributed by atoms with Crippen LogP contribution in [0.3, 0.4) is 0 Å². The summed E-state index contributed by atoms with van der Waals surface area (Å²) in [5.74, 6) is 0.198. The van der Waals surface area contributed by atoms with E-state index in [4.69, 9.17) is 4.74 Å². The Morgan fingerprint density at radius 2 is 1.52 bits per heavy atom. The van der Waals surface area contributed by atoms with E-state index in [9.17, 15) is 9.59 Å². The van der Waals surface area contributed by atoms with E-state index in [1.807, 2.05) is 79.7 Å². The van der Waals surface area contributed by atoms with Crippen LogP contribution in [0.4, 0.5) is 0 Å². The molecule has 2 amide bonds. The monoisotopic (exact) mass is 508 g/mol. The molecular formula is C27H29BrN2O3. The van der Waals surface area contributed by atoms with E-state index in [0.717, 1.165) is 22.0 Å². The first-order valence-electron chi connectivity index (χ1n) is 11.1. The molecule has 3 aromatic rings. The van der Waals surface area contributed by atoms with Crippen molar-refractivity contribution in [3.05, 3.63) is 101 Å². The second-order valence-electron chi connectivity index (χ2n) is 7.75. The largest absolute Gasteiger partial charge is 0.484 e. The van der Waals surface area contributed by atoms with Crippen molar-refractivity contribution in [2.75, 3.05) is 13.2 Å². The summed E-state index contributed by atoms with van der Waals surface area (Å²) in [6.07, 6.45) is 1.25. The maximum Gasteiger partial charge on any atom is 0.261 e. The topological polar surface area (TPSA) is 58.6 Å². The normalized spacial score (nSPS) is 11.5. The summed E-state index contributed by atoms with van der Waals surface area (Å²) >= 11 is 3.40. The average molecular weight is 509 g/mol. The van der Waals surface area contributed by atoms with Gasteiger partial charge in [0.25, 0.3) is 5.91 Å². The lowest BCUT2D eigenvalue weighted by atomic mass is 10.0. The van der Waals surface area contributed by atoms with Gasteiger partial charge >= 0.3 is 0 Å². The second kappa shape index (κ2) is 12.8. The molecule has 0 bridgehead atoms. The number of amides is 2. The van der Waals surface area contributed by atoms with Crippen molar-refractivity contribution in [1.82, 2.24) is 10.2 Å². The summed E-state index contributed by atoms with van der Waals surface area (Å²) in [6.45, 7) is 2.74. The highest BCUT2D eigenvalue weighted by molar-refractivity contribution is 9.10. The van der Waals surface area contributed by atoms with E-state index in [2.05, 4.69) is 21.2 Å².